The molecule has 0 amide bonds. The maximum atomic E-state index is 12.9. The van der Waals surface area contributed by atoms with Crippen LogP contribution in [0, 0.1) is 5.82 Å². The summed E-state index contributed by atoms with van der Waals surface area (Å²) in [6.45, 7) is 6.19. The second-order valence-electron chi connectivity index (χ2n) is 6.01. The molecule has 0 aliphatic heterocycles. The number of benzene rings is 1. The van der Waals surface area contributed by atoms with Crippen LogP contribution in [0.15, 0.2) is 36.5 Å². The monoisotopic (exact) mass is 275 g/mol. The summed E-state index contributed by atoms with van der Waals surface area (Å²) in [5, 5.41) is 4.53. The highest BCUT2D eigenvalue weighted by Crippen LogP contribution is 2.17. The molecule has 2 N–H and O–H groups in total. The predicted octanol–water partition coefficient (Wildman–Crippen LogP) is 3.11. The van der Waals surface area contributed by atoms with E-state index >= 15 is 0 Å². The van der Waals surface area contributed by atoms with Crippen LogP contribution in [0.4, 0.5) is 4.39 Å². The highest BCUT2D eigenvalue weighted by molar-refractivity contribution is 5.19. The van der Waals surface area contributed by atoms with Gasteiger partial charge in [0.05, 0.1) is 5.69 Å². The zero-order valence-corrected chi connectivity index (χ0v) is 12.3. The summed E-state index contributed by atoms with van der Waals surface area (Å²) in [6.07, 6.45) is 3.37. The van der Waals surface area contributed by atoms with Crippen LogP contribution in [0.25, 0.3) is 0 Å². The average molecular weight is 275 g/mol. The Morgan fingerprint density at radius 3 is 2.40 bits per heavy atom. The van der Waals surface area contributed by atoms with Crippen LogP contribution in [-0.4, -0.2) is 15.3 Å². The topological polar surface area (TPSA) is 43.8 Å². The maximum Gasteiger partial charge on any atom is 0.123 e. The smallest absolute Gasteiger partial charge is 0.123 e. The van der Waals surface area contributed by atoms with E-state index in [1.54, 1.807) is 12.1 Å². The van der Waals surface area contributed by atoms with E-state index in [1.165, 1.54) is 12.1 Å². The van der Waals surface area contributed by atoms with E-state index in [1.807, 2.05) is 23.9 Å². The molecule has 0 aliphatic carbocycles. The van der Waals surface area contributed by atoms with Gasteiger partial charge >= 0.3 is 0 Å². The number of hydrogen-bond acceptors (Lipinski definition) is 2. The van der Waals surface area contributed by atoms with Crippen LogP contribution in [0.5, 0.6) is 0 Å². The van der Waals surface area contributed by atoms with Gasteiger partial charge in [-0.15, -0.1) is 0 Å². The van der Waals surface area contributed by atoms with Crippen molar-refractivity contribution in [3.8, 4) is 0 Å². The molecule has 1 aromatic heterocycles. The number of hydrogen-bond donors (Lipinski definition) is 1. The molecule has 20 heavy (non-hydrogen) atoms. The van der Waals surface area contributed by atoms with Gasteiger partial charge in [0.15, 0.2) is 0 Å². The third kappa shape index (κ3) is 3.90. The number of nitrogens with two attached hydrogens (primary N) is 1. The molecule has 1 aromatic carbocycles. The van der Waals surface area contributed by atoms with E-state index in [2.05, 4.69) is 18.9 Å². The molecule has 0 bridgehead atoms. The lowest BCUT2D eigenvalue weighted by Gasteiger charge is -2.23. The standard InChI is InChI=1S/C16H22FN3/c1-12(2)20-9-8-15(19-20)11-16(3,18)10-13-4-6-14(17)7-5-13/h4-9,12H,10-11,18H2,1-3H3. The molecule has 0 fully saturated rings. The van der Waals surface area contributed by atoms with E-state index in [-0.39, 0.29) is 5.82 Å². The first kappa shape index (κ1) is 14.7. The second-order valence-corrected chi connectivity index (χ2v) is 6.01. The van der Waals surface area contributed by atoms with Crippen molar-refractivity contribution in [1.29, 1.82) is 0 Å². The molecule has 3 nitrogen and oxygen atoms in total. The first-order chi connectivity index (χ1) is 9.35. The Labute approximate surface area is 119 Å². The Kier molecular flexibility index (Phi) is 4.23. The van der Waals surface area contributed by atoms with Crippen LogP contribution in [0.2, 0.25) is 0 Å². The molecular formula is C16H22FN3. The van der Waals surface area contributed by atoms with Gasteiger partial charge in [-0.05, 0) is 51.0 Å². The normalized spacial score (nSPS) is 14.5. The van der Waals surface area contributed by atoms with E-state index < -0.39 is 5.54 Å². The van der Waals surface area contributed by atoms with Gasteiger partial charge < -0.3 is 5.73 Å². The van der Waals surface area contributed by atoms with Gasteiger partial charge in [-0.25, -0.2) is 4.39 Å². The first-order valence-corrected chi connectivity index (χ1v) is 6.93. The zero-order valence-electron chi connectivity index (χ0n) is 12.3. The number of aromatic nitrogens is 2. The van der Waals surface area contributed by atoms with E-state index in [0.29, 0.717) is 18.9 Å². The lowest BCUT2D eigenvalue weighted by Crippen LogP contribution is -2.41. The second kappa shape index (κ2) is 5.75. The summed E-state index contributed by atoms with van der Waals surface area (Å²) in [7, 11) is 0. The van der Waals surface area contributed by atoms with Crippen molar-refractivity contribution in [1.82, 2.24) is 9.78 Å². The molecule has 108 valence electrons. The van der Waals surface area contributed by atoms with Crippen molar-refractivity contribution in [3.05, 3.63) is 53.6 Å². The lowest BCUT2D eigenvalue weighted by atomic mass is 9.89. The molecule has 1 atom stereocenters. The number of halogens is 1. The SMILES string of the molecule is CC(C)n1ccc(CC(C)(N)Cc2ccc(F)cc2)n1. The third-order valence-electron chi connectivity index (χ3n) is 3.30. The molecule has 0 spiro atoms. The summed E-state index contributed by atoms with van der Waals surface area (Å²) in [5.74, 6) is -0.219. The average Bonchev–Trinajstić information content (AvgIpc) is 2.79. The summed E-state index contributed by atoms with van der Waals surface area (Å²) >= 11 is 0. The Bertz CT molecular complexity index is 555. The number of nitrogens with zero attached hydrogens (tertiary/aromatic N) is 2. The summed E-state index contributed by atoms with van der Waals surface area (Å²) in [6, 6.07) is 8.87. The fourth-order valence-electron chi connectivity index (χ4n) is 2.30. The van der Waals surface area contributed by atoms with Gasteiger partial charge in [0, 0.05) is 24.2 Å². The van der Waals surface area contributed by atoms with Crippen molar-refractivity contribution in [2.24, 2.45) is 5.73 Å². The fourth-order valence-corrected chi connectivity index (χ4v) is 2.30. The maximum absolute atomic E-state index is 12.9. The molecule has 0 aliphatic rings. The fraction of sp³-hybridized carbons (Fsp3) is 0.438. The minimum absolute atomic E-state index is 0.219. The minimum Gasteiger partial charge on any atom is -0.325 e. The van der Waals surface area contributed by atoms with Crippen LogP contribution in [0.1, 0.15) is 38.1 Å². The van der Waals surface area contributed by atoms with Gasteiger partial charge in [-0.3, -0.25) is 4.68 Å². The van der Waals surface area contributed by atoms with Crippen molar-refractivity contribution in [3.63, 3.8) is 0 Å². The summed E-state index contributed by atoms with van der Waals surface area (Å²) in [4.78, 5) is 0. The molecule has 2 rings (SSSR count). The van der Waals surface area contributed by atoms with E-state index in [0.717, 1.165) is 11.3 Å². The van der Waals surface area contributed by atoms with Crippen LogP contribution < -0.4 is 5.73 Å². The Morgan fingerprint density at radius 1 is 1.20 bits per heavy atom. The molecule has 2 aromatic rings. The van der Waals surface area contributed by atoms with Crippen molar-refractivity contribution in [2.45, 2.75) is 45.2 Å². The Morgan fingerprint density at radius 2 is 1.85 bits per heavy atom. The molecule has 1 heterocycles. The molecule has 0 saturated heterocycles. The van der Waals surface area contributed by atoms with Gasteiger partial charge in [-0.2, -0.15) is 5.10 Å². The lowest BCUT2D eigenvalue weighted by molar-refractivity contribution is 0.448. The molecule has 0 radical (unpaired) electrons. The zero-order chi connectivity index (χ0) is 14.8. The van der Waals surface area contributed by atoms with Gasteiger partial charge in [-0.1, -0.05) is 12.1 Å². The summed E-state index contributed by atoms with van der Waals surface area (Å²) in [5.41, 5.74) is 8.00. The molecule has 4 heteroatoms. The minimum atomic E-state index is -0.395. The third-order valence-corrected chi connectivity index (χ3v) is 3.30. The van der Waals surface area contributed by atoms with E-state index in [9.17, 15) is 4.39 Å². The van der Waals surface area contributed by atoms with Crippen molar-refractivity contribution < 1.29 is 4.39 Å². The first-order valence-electron chi connectivity index (χ1n) is 6.93. The van der Waals surface area contributed by atoms with Crippen molar-refractivity contribution in [2.75, 3.05) is 0 Å². The Hall–Kier alpha value is -1.68. The molecular weight excluding hydrogens is 253 g/mol. The Balaban J connectivity index is 2.04. The quantitative estimate of drug-likeness (QED) is 0.911. The van der Waals surface area contributed by atoms with E-state index in [4.69, 9.17) is 5.73 Å². The van der Waals surface area contributed by atoms with Gasteiger partial charge in [0.1, 0.15) is 5.82 Å². The predicted molar refractivity (Wildman–Crippen MR) is 79.0 cm³/mol. The van der Waals surface area contributed by atoms with Gasteiger partial charge in [0.25, 0.3) is 0 Å². The van der Waals surface area contributed by atoms with Gasteiger partial charge in [0.2, 0.25) is 0 Å². The van der Waals surface area contributed by atoms with Crippen molar-refractivity contribution >= 4 is 0 Å². The highest BCUT2D eigenvalue weighted by Gasteiger charge is 2.21. The van der Waals surface area contributed by atoms with Crippen LogP contribution in [0.3, 0.4) is 0 Å². The molecule has 1 unspecified atom stereocenters. The largest absolute Gasteiger partial charge is 0.325 e. The summed E-state index contributed by atoms with van der Waals surface area (Å²) < 4.78 is 14.8. The highest BCUT2D eigenvalue weighted by atomic mass is 19.1. The molecule has 0 saturated carbocycles. The van der Waals surface area contributed by atoms with Crippen LogP contribution in [-0.2, 0) is 12.8 Å². The van der Waals surface area contributed by atoms with Crippen LogP contribution >= 0.6 is 0 Å². The number of rotatable bonds is 5.